The minimum Gasteiger partial charge on any atom is -0.310 e. The van der Waals surface area contributed by atoms with Crippen molar-refractivity contribution in [2.24, 2.45) is 0 Å². The van der Waals surface area contributed by atoms with Gasteiger partial charge in [-0.15, -0.1) is 0 Å². The number of fused-ring (bicyclic) bond motifs is 9. The van der Waals surface area contributed by atoms with E-state index in [1.54, 1.807) is 0 Å². The first-order valence-corrected chi connectivity index (χ1v) is 17.3. The minimum atomic E-state index is 1.13. The van der Waals surface area contributed by atoms with Gasteiger partial charge in [0.1, 0.15) is 0 Å². The Bertz CT molecular complexity index is 2990. The second-order valence-electron chi connectivity index (χ2n) is 13.3. The Morgan fingerprint density at radius 2 is 1.02 bits per heavy atom. The van der Waals surface area contributed by atoms with Gasteiger partial charge in [0.2, 0.25) is 0 Å². The van der Waals surface area contributed by atoms with Crippen LogP contribution >= 0.6 is 0 Å². The first-order chi connectivity index (χ1) is 24.8. The van der Waals surface area contributed by atoms with Crippen LogP contribution in [0.2, 0.25) is 0 Å². The van der Waals surface area contributed by atoms with Crippen LogP contribution in [0.4, 0.5) is 17.1 Å². The van der Waals surface area contributed by atoms with E-state index in [2.05, 4.69) is 191 Å². The van der Waals surface area contributed by atoms with E-state index in [1.165, 1.54) is 82.1 Å². The summed E-state index contributed by atoms with van der Waals surface area (Å²) >= 11 is 0. The Hall–Kier alpha value is -6.64. The fraction of sp³-hybridized carbons (Fsp3) is 0. The molecule has 2 heteroatoms. The molecule has 0 bridgehead atoms. The molecule has 0 saturated heterocycles. The Morgan fingerprint density at radius 3 is 1.92 bits per heavy atom. The molecule has 1 heterocycles. The Labute approximate surface area is 289 Å². The topological polar surface area (TPSA) is 8.17 Å². The van der Waals surface area contributed by atoms with Crippen molar-refractivity contribution in [2.75, 3.05) is 4.90 Å². The summed E-state index contributed by atoms with van der Waals surface area (Å²) in [5, 5.41) is 10.1. The Kier molecular flexibility index (Phi) is 5.70. The zero-order valence-corrected chi connectivity index (χ0v) is 27.2. The highest BCUT2D eigenvalue weighted by molar-refractivity contribution is 6.26. The maximum absolute atomic E-state index is 2.48. The number of anilines is 3. The lowest BCUT2D eigenvalue weighted by atomic mass is 9.96. The van der Waals surface area contributed by atoms with Gasteiger partial charge < -0.3 is 9.47 Å². The normalized spacial score (nSPS) is 12.0. The van der Waals surface area contributed by atoms with Crippen molar-refractivity contribution in [1.82, 2.24) is 4.57 Å². The summed E-state index contributed by atoms with van der Waals surface area (Å²) in [4.78, 5) is 2.48. The van der Waals surface area contributed by atoms with Crippen molar-refractivity contribution in [2.45, 2.75) is 0 Å². The average Bonchev–Trinajstić information content (AvgIpc) is 3.70. The monoisotopic (exact) mass is 634 g/mol. The van der Waals surface area contributed by atoms with Gasteiger partial charge in [0.05, 0.1) is 16.7 Å². The molecule has 1 aliphatic rings. The summed E-state index contributed by atoms with van der Waals surface area (Å²) in [6.07, 6.45) is 0. The average molecular weight is 635 g/mol. The second-order valence-corrected chi connectivity index (χ2v) is 13.3. The van der Waals surface area contributed by atoms with E-state index < -0.39 is 0 Å². The van der Waals surface area contributed by atoms with E-state index in [4.69, 9.17) is 0 Å². The van der Waals surface area contributed by atoms with Crippen LogP contribution in [0.3, 0.4) is 0 Å². The molecule has 2 nitrogen and oxygen atoms in total. The van der Waals surface area contributed by atoms with Crippen molar-refractivity contribution in [3.05, 3.63) is 182 Å². The van der Waals surface area contributed by atoms with Crippen LogP contribution in [0.15, 0.2) is 182 Å². The van der Waals surface area contributed by atoms with Gasteiger partial charge in [0.15, 0.2) is 0 Å². The van der Waals surface area contributed by atoms with E-state index in [0.29, 0.717) is 0 Å². The number of rotatable bonds is 4. The molecule has 0 N–H and O–H groups in total. The number of hydrogen-bond acceptors (Lipinski definition) is 1. The molecule has 0 aliphatic heterocycles. The molecule has 0 amide bonds. The first kappa shape index (κ1) is 27.3. The first-order valence-electron chi connectivity index (χ1n) is 17.3. The van der Waals surface area contributed by atoms with E-state index >= 15 is 0 Å². The van der Waals surface area contributed by atoms with Crippen LogP contribution in [0, 0.1) is 0 Å². The lowest BCUT2D eigenvalue weighted by Gasteiger charge is -2.28. The van der Waals surface area contributed by atoms with Gasteiger partial charge in [-0.25, -0.2) is 0 Å². The number of aromatic nitrogens is 1. The van der Waals surface area contributed by atoms with Gasteiger partial charge in [-0.3, -0.25) is 0 Å². The summed E-state index contributed by atoms with van der Waals surface area (Å²) in [6.45, 7) is 0. The smallest absolute Gasteiger partial charge is 0.0546 e. The van der Waals surface area contributed by atoms with Crippen LogP contribution in [0.25, 0.3) is 82.1 Å². The second kappa shape index (κ2) is 10.4. The van der Waals surface area contributed by atoms with Crippen molar-refractivity contribution in [3.8, 4) is 27.9 Å². The lowest BCUT2D eigenvalue weighted by molar-refractivity contribution is 1.18. The van der Waals surface area contributed by atoms with E-state index in [9.17, 15) is 0 Å². The summed E-state index contributed by atoms with van der Waals surface area (Å²) in [6, 6.07) is 66.8. The molecule has 50 heavy (non-hydrogen) atoms. The van der Waals surface area contributed by atoms with Crippen molar-refractivity contribution < 1.29 is 0 Å². The molecule has 1 aliphatic carbocycles. The third-order valence-corrected chi connectivity index (χ3v) is 10.6. The molecular weight excluding hydrogens is 605 g/mol. The van der Waals surface area contributed by atoms with Crippen molar-refractivity contribution in [1.29, 1.82) is 0 Å². The van der Waals surface area contributed by atoms with Crippen LogP contribution < -0.4 is 4.90 Å². The molecule has 10 aromatic rings. The predicted octanol–water partition coefficient (Wildman–Crippen LogP) is 13.4. The summed E-state index contributed by atoms with van der Waals surface area (Å²) in [5.74, 6) is 0. The molecule has 1 aromatic heterocycles. The van der Waals surface area contributed by atoms with Gasteiger partial charge in [-0.2, -0.15) is 0 Å². The maximum Gasteiger partial charge on any atom is 0.0546 e. The maximum atomic E-state index is 2.48. The number of nitrogens with zero attached hydrogens (tertiary/aromatic N) is 2. The quantitative estimate of drug-likeness (QED) is 0.175. The molecular formula is C48H30N2. The molecule has 232 valence electrons. The zero-order valence-electron chi connectivity index (χ0n) is 27.2. The standard InChI is InChI=1S/C48H30N2/c1-2-16-35(17-3-1)50-43-22-9-8-19-39(43)42-30-37(26-27-44(42)50)49(36-25-24-31-12-4-5-13-32(31)29-36)45-23-11-21-41-47(45)40-20-10-15-34-28-33-14-6-7-18-38(33)48(41)46(34)40/h1-30H. The number of hydrogen-bond donors (Lipinski definition) is 0. The SMILES string of the molecule is c1ccc(-n2c3ccccc3c3cc(N(c4ccc5ccccc5c4)c4cccc5c4-c4cccc6cc7ccccc7c-5c46)ccc32)cc1. The molecule has 0 saturated carbocycles. The minimum absolute atomic E-state index is 1.13. The van der Waals surface area contributed by atoms with Crippen molar-refractivity contribution >= 4 is 71.2 Å². The fourth-order valence-corrected chi connectivity index (χ4v) is 8.53. The summed E-state index contributed by atoms with van der Waals surface area (Å²) in [5.41, 5.74) is 12.2. The fourth-order valence-electron chi connectivity index (χ4n) is 8.53. The van der Waals surface area contributed by atoms with E-state index in [1.807, 2.05) is 0 Å². The molecule has 0 spiro atoms. The molecule has 0 radical (unpaired) electrons. The molecule has 0 atom stereocenters. The van der Waals surface area contributed by atoms with Crippen LogP contribution in [-0.4, -0.2) is 4.57 Å². The zero-order chi connectivity index (χ0) is 32.8. The van der Waals surface area contributed by atoms with E-state index in [-0.39, 0.29) is 0 Å². The summed E-state index contributed by atoms with van der Waals surface area (Å²) in [7, 11) is 0. The lowest BCUT2D eigenvalue weighted by Crippen LogP contribution is -2.11. The van der Waals surface area contributed by atoms with Crippen LogP contribution in [0.1, 0.15) is 0 Å². The molecule has 0 unspecified atom stereocenters. The van der Waals surface area contributed by atoms with Crippen LogP contribution in [0.5, 0.6) is 0 Å². The van der Waals surface area contributed by atoms with Gasteiger partial charge >= 0.3 is 0 Å². The Balaban J connectivity index is 1.22. The predicted molar refractivity (Wildman–Crippen MR) is 212 cm³/mol. The third-order valence-electron chi connectivity index (χ3n) is 10.6. The Morgan fingerprint density at radius 1 is 0.360 bits per heavy atom. The van der Waals surface area contributed by atoms with Gasteiger partial charge in [-0.05, 0) is 110 Å². The highest BCUT2D eigenvalue weighted by Gasteiger charge is 2.29. The highest BCUT2D eigenvalue weighted by Crippen LogP contribution is 2.55. The highest BCUT2D eigenvalue weighted by atomic mass is 15.1. The molecule has 0 fully saturated rings. The van der Waals surface area contributed by atoms with Crippen LogP contribution in [-0.2, 0) is 0 Å². The van der Waals surface area contributed by atoms with E-state index in [0.717, 1.165) is 17.1 Å². The number of para-hydroxylation sites is 2. The molecule has 11 rings (SSSR count). The van der Waals surface area contributed by atoms with Gasteiger partial charge in [0, 0.05) is 33.4 Å². The third kappa shape index (κ3) is 3.85. The van der Waals surface area contributed by atoms with Crippen molar-refractivity contribution in [3.63, 3.8) is 0 Å². The molecule has 9 aromatic carbocycles. The number of benzene rings is 9. The largest absolute Gasteiger partial charge is 0.310 e. The summed E-state index contributed by atoms with van der Waals surface area (Å²) < 4.78 is 2.39. The van der Waals surface area contributed by atoms with Gasteiger partial charge in [-0.1, -0.05) is 121 Å². The van der Waals surface area contributed by atoms with Gasteiger partial charge in [0.25, 0.3) is 0 Å².